The zero-order valence-electron chi connectivity index (χ0n) is 12.6. The summed E-state index contributed by atoms with van der Waals surface area (Å²) in [5.41, 5.74) is 3.34. The number of carbonyl (C=O) groups is 1. The number of hydrogen-bond donors (Lipinski definition) is 2. The monoisotopic (exact) mass is 325 g/mol. The summed E-state index contributed by atoms with van der Waals surface area (Å²) in [5.74, 6) is -0.141. The van der Waals surface area contributed by atoms with Gasteiger partial charge in [-0.1, -0.05) is 35.9 Å². The molecule has 0 saturated carbocycles. The van der Waals surface area contributed by atoms with Crippen LogP contribution in [0.2, 0.25) is 5.02 Å². The van der Waals surface area contributed by atoms with E-state index in [-0.39, 0.29) is 12.5 Å². The Kier molecular flexibility index (Phi) is 4.44. The average molecular weight is 326 g/mol. The zero-order valence-corrected chi connectivity index (χ0v) is 13.4. The van der Waals surface area contributed by atoms with Crippen LogP contribution in [0.5, 0.6) is 0 Å². The van der Waals surface area contributed by atoms with Gasteiger partial charge in [-0.2, -0.15) is 0 Å². The molecule has 0 aliphatic carbocycles. The van der Waals surface area contributed by atoms with Crippen molar-refractivity contribution >= 4 is 39.8 Å². The van der Waals surface area contributed by atoms with E-state index in [9.17, 15) is 4.79 Å². The van der Waals surface area contributed by atoms with Crippen LogP contribution in [0.1, 0.15) is 5.56 Å². The number of benzene rings is 2. The van der Waals surface area contributed by atoms with Gasteiger partial charge in [-0.3, -0.25) is 9.78 Å². The SMILES string of the molecule is Cc1ccc(NC(=O)CNc2cccc3cccnc23)cc1Cl. The number of halogens is 1. The number of aryl methyl sites for hydroxylation is 1. The van der Waals surface area contributed by atoms with Crippen molar-refractivity contribution in [2.24, 2.45) is 0 Å². The molecule has 116 valence electrons. The van der Waals surface area contributed by atoms with Crippen molar-refractivity contribution in [1.29, 1.82) is 0 Å². The number of fused-ring (bicyclic) bond motifs is 1. The smallest absolute Gasteiger partial charge is 0.243 e. The molecule has 4 nitrogen and oxygen atoms in total. The van der Waals surface area contributed by atoms with Gasteiger partial charge >= 0.3 is 0 Å². The molecule has 2 aromatic carbocycles. The van der Waals surface area contributed by atoms with Crippen LogP contribution < -0.4 is 10.6 Å². The maximum absolute atomic E-state index is 12.1. The lowest BCUT2D eigenvalue weighted by molar-refractivity contribution is -0.114. The second kappa shape index (κ2) is 6.67. The van der Waals surface area contributed by atoms with Gasteiger partial charge in [-0.05, 0) is 36.8 Å². The molecule has 23 heavy (non-hydrogen) atoms. The second-order valence-corrected chi connectivity index (χ2v) is 5.65. The van der Waals surface area contributed by atoms with E-state index in [0.29, 0.717) is 10.7 Å². The summed E-state index contributed by atoms with van der Waals surface area (Å²) in [6.45, 7) is 2.07. The van der Waals surface area contributed by atoms with Gasteiger partial charge in [0.25, 0.3) is 0 Å². The fourth-order valence-corrected chi connectivity index (χ4v) is 2.48. The van der Waals surface area contributed by atoms with Crippen LogP contribution in [0, 0.1) is 6.92 Å². The number of para-hydroxylation sites is 1. The standard InChI is InChI=1S/C18H16ClN3O/c1-12-7-8-14(10-15(12)19)22-17(23)11-21-16-6-2-4-13-5-3-9-20-18(13)16/h2-10,21H,11H2,1H3,(H,22,23). The number of amides is 1. The van der Waals surface area contributed by atoms with E-state index in [1.165, 1.54) is 0 Å². The highest BCUT2D eigenvalue weighted by atomic mass is 35.5. The number of aromatic nitrogens is 1. The van der Waals surface area contributed by atoms with Gasteiger partial charge in [0.1, 0.15) is 0 Å². The van der Waals surface area contributed by atoms with Crippen LogP contribution in [0.3, 0.4) is 0 Å². The first kappa shape index (κ1) is 15.3. The van der Waals surface area contributed by atoms with E-state index in [1.807, 2.05) is 49.4 Å². The molecule has 1 heterocycles. The molecule has 0 fully saturated rings. The largest absolute Gasteiger partial charge is 0.374 e. The van der Waals surface area contributed by atoms with Crippen LogP contribution >= 0.6 is 11.6 Å². The minimum Gasteiger partial charge on any atom is -0.374 e. The molecule has 0 atom stereocenters. The highest BCUT2D eigenvalue weighted by Gasteiger charge is 2.06. The van der Waals surface area contributed by atoms with Crippen molar-refractivity contribution < 1.29 is 4.79 Å². The molecular formula is C18H16ClN3O. The summed E-state index contributed by atoms with van der Waals surface area (Å²) in [4.78, 5) is 16.4. The molecule has 1 amide bonds. The molecule has 0 radical (unpaired) electrons. The van der Waals surface area contributed by atoms with E-state index in [1.54, 1.807) is 12.3 Å². The minimum absolute atomic E-state index is 0.141. The van der Waals surface area contributed by atoms with E-state index < -0.39 is 0 Å². The lowest BCUT2D eigenvalue weighted by atomic mass is 10.2. The number of nitrogens with one attached hydrogen (secondary N) is 2. The number of anilines is 2. The van der Waals surface area contributed by atoms with E-state index in [0.717, 1.165) is 22.2 Å². The van der Waals surface area contributed by atoms with Crippen molar-refractivity contribution in [3.8, 4) is 0 Å². The average Bonchev–Trinajstić information content (AvgIpc) is 2.56. The van der Waals surface area contributed by atoms with Crippen LogP contribution in [0.25, 0.3) is 10.9 Å². The third-order valence-corrected chi connectivity index (χ3v) is 3.93. The highest BCUT2D eigenvalue weighted by molar-refractivity contribution is 6.31. The topological polar surface area (TPSA) is 54.0 Å². The molecule has 3 rings (SSSR count). The first-order valence-electron chi connectivity index (χ1n) is 7.27. The number of nitrogens with zero attached hydrogens (tertiary/aromatic N) is 1. The maximum atomic E-state index is 12.1. The molecular weight excluding hydrogens is 310 g/mol. The zero-order chi connectivity index (χ0) is 16.2. The van der Waals surface area contributed by atoms with Crippen molar-refractivity contribution in [2.75, 3.05) is 17.2 Å². The molecule has 5 heteroatoms. The molecule has 0 bridgehead atoms. The Morgan fingerprint density at radius 2 is 2.00 bits per heavy atom. The summed E-state index contributed by atoms with van der Waals surface area (Å²) < 4.78 is 0. The third-order valence-electron chi connectivity index (χ3n) is 3.53. The van der Waals surface area contributed by atoms with Crippen LogP contribution in [-0.4, -0.2) is 17.4 Å². The van der Waals surface area contributed by atoms with Gasteiger partial charge < -0.3 is 10.6 Å². The molecule has 3 aromatic rings. The maximum Gasteiger partial charge on any atom is 0.243 e. The quantitative estimate of drug-likeness (QED) is 0.754. The predicted molar refractivity (Wildman–Crippen MR) is 95.1 cm³/mol. The predicted octanol–water partition coefficient (Wildman–Crippen LogP) is 4.25. The van der Waals surface area contributed by atoms with Crippen LogP contribution in [0.4, 0.5) is 11.4 Å². The molecule has 0 unspecified atom stereocenters. The van der Waals surface area contributed by atoms with E-state index >= 15 is 0 Å². The number of carbonyl (C=O) groups excluding carboxylic acids is 1. The van der Waals surface area contributed by atoms with Crippen molar-refractivity contribution in [2.45, 2.75) is 6.92 Å². The fraction of sp³-hybridized carbons (Fsp3) is 0.111. The molecule has 1 aromatic heterocycles. The lowest BCUT2D eigenvalue weighted by Crippen LogP contribution is -2.21. The summed E-state index contributed by atoms with van der Waals surface area (Å²) >= 11 is 6.06. The van der Waals surface area contributed by atoms with Gasteiger partial charge in [0.05, 0.1) is 17.7 Å². The normalized spacial score (nSPS) is 10.5. The highest BCUT2D eigenvalue weighted by Crippen LogP contribution is 2.21. The Balaban J connectivity index is 1.67. The Bertz CT molecular complexity index is 859. The molecule has 0 saturated heterocycles. The van der Waals surface area contributed by atoms with Crippen LogP contribution in [0.15, 0.2) is 54.7 Å². The summed E-state index contributed by atoms with van der Waals surface area (Å²) in [6.07, 6.45) is 1.74. The van der Waals surface area contributed by atoms with Crippen molar-refractivity contribution in [1.82, 2.24) is 4.98 Å². The third kappa shape index (κ3) is 3.60. The Morgan fingerprint density at radius 1 is 1.17 bits per heavy atom. The van der Waals surface area contributed by atoms with Gasteiger partial charge in [-0.15, -0.1) is 0 Å². The summed E-state index contributed by atoms with van der Waals surface area (Å²) in [7, 11) is 0. The molecule has 2 N–H and O–H groups in total. The first-order valence-corrected chi connectivity index (χ1v) is 7.65. The Morgan fingerprint density at radius 3 is 2.83 bits per heavy atom. The first-order chi connectivity index (χ1) is 11.1. The number of rotatable bonds is 4. The molecule has 0 aliphatic heterocycles. The van der Waals surface area contributed by atoms with Crippen molar-refractivity contribution in [3.63, 3.8) is 0 Å². The Hall–Kier alpha value is -2.59. The van der Waals surface area contributed by atoms with Gasteiger partial charge in [0.2, 0.25) is 5.91 Å². The summed E-state index contributed by atoms with van der Waals surface area (Å²) in [6, 6.07) is 15.2. The minimum atomic E-state index is -0.141. The Labute approximate surface area is 139 Å². The van der Waals surface area contributed by atoms with E-state index in [4.69, 9.17) is 11.6 Å². The van der Waals surface area contributed by atoms with E-state index in [2.05, 4.69) is 15.6 Å². The lowest BCUT2D eigenvalue weighted by Gasteiger charge is -2.10. The summed E-state index contributed by atoms with van der Waals surface area (Å²) in [5, 5.41) is 7.61. The van der Waals surface area contributed by atoms with Gasteiger partial charge in [0.15, 0.2) is 0 Å². The number of pyridine rings is 1. The van der Waals surface area contributed by atoms with Gasteiger partial charge in [0, 0.05) is 22.3 Å². The second-order valence-electron chi connectivity index (χ2n) is 5.25. The molecule has 0 aliphatic rings. The molecule has 0 spiro atoms. The van der Waals surface area contributed by atoms with Gasteiger partial charge in [-0.25, -0.2) is 0 Å². The van der Waals surface area contributed by atoms with Crippen LogP contribution in [-0.2, 0) is 4.79 Å². The number of hydrogen-bond acceptors (Lipinski definition) is 3. The fourth-order valence-electron chi connectivity index (χ4n) is 2.30. The van der Waals surface area contributed by atoms with Crippen molar-refractivity contribution in [3.05, 3.63) is 65.3 Å².